The lowest BCUT2D eigenvalue weighted by Gasteiger charge is -2.12. The van der Waals surface area contributed by atoms with Gasteiger partial charge in [-0.05, 0) is 42.7 Å². The molecule has 1 saturated heterocycles. The van der Waals surface area contributed by atoms with Crippen LogP contribution < -0.4 is 0 Å². The van der Waals surface area contributed by atoms with Crippen molar-refractivity contribution in [3.8, 4) is 0 Å². The zero-order chi connectivity index (χ0) is 13.4. The molecule has 2 aromatic rings. The summed E-state index contributed by atoms with van der Waals surface area (Å²) >= 11 is 3.53. The fraction of sp³-hybridized carbons (Fsp3) is 0.312. The van der Waals surface area contributed by atoms with Crippen LogP contribution in [0.5, 0.6) is 0 Å². The number of Topliss-reactive ketones (excluding diaryl/α,β-unsaturated/α-hetero) is 1. The maximum atomic E-state index is 12.6. The average molecular weight is 319 g/mol. The molecule has 2 aromatic carbocycles. The van der Waals surface area contributed by atoms with Gasteiger partial charge in [0, 0.05) is 10.0 Å². The van der Waals surface area contributed by atoms with Crippen molar-refractivity contribution in [1.82, 2.24) is 0 Å². The Morgan fingerprint density at radius 1 is 1.16 bits per heavy atom. The van der Waals surface area contributed by atoms with E-state index in [9.17, 15) is 4.79 Å². The molecule has 3 rings (SSSR count). The first-order chi connectivity index (χ1) is 9.16. The highest BCUT2D eigenvalue weighted by Gasteiger charge is 2.29. The van der Waals surface area contributed by atoms with E-state index in [-0.39, 0.29) is 18.0 Å². The van der Waals surface area contributed by atoms with Crippen LogP contribution in [-0.4, -0.2) is 18.0 Å². The van der Waals surface area contributed by atoms with Crippen molar-refractivity contribution in [2.75, 3.05) is 0 Å². The van der Waals surface area contributed by atoms with Crippen LogP contribution in [0.2, 0.25) is 0 Å². The van der Waals surface area contributed by atoms with Crippen LogP contribution in [0.15, 0.2) is 40.9 Å². The molecule has 0 bridgehead atoms. The molecule has 98 valence electrons. The summed E-state index contributed by atoms with van der Waals surface area (Å²) in [4.78, 5) is 12.6. The first-order valence-corrected chi connectivity index (χ1v) is 7.33. The van der Waals surface area contributed by atoms with E-state index in [1.807, 2.05) is 43.3 Å². The van der Waals surface area contributed by atoms with Crippen molar-refractivity contribution >= 4 is 32.5 Å². The van der Waals surface area contributed by atoms with E-state index >= 15 is 0 Å². The Morgan fingerprint density at radius 2 is 1.89 bits per heavy atom. The molecule has 0 aliphatic carbocycles. The molecule has 0 saturated carbocycles. The minimum Gasteiger partial charge on any atom is -0.367 e. The molecule has 1 aliphatic heterocycles. The van der Waals surface area contributed by atoms with Crippen LogP contribution in [0.25, 0.3) is 10.8 Å². The van der Waals surface area contributed by atoms with Gasteiger partial charge in [0.15, 0.2) is 5.78 Å². The summed E-state index contributed by atoms with van der Waals surface area (Å²) in [6.07, 6.45) is 1.70. The monoisotopic (exact) mass is 318 g/mol. The molecule has 1 fully saturated rings. The highest BCUT2D eigenvalue weighted by molar-refractivity contribution is 9.10. The summed E-state index contributed by atoms with van der Waals surface area (Å²) in [5.41, 5.74) is 0.762. The average Bonchev–Trinajstić information content (AvgIpc) is 2.86. The molecular weight excluding hydrogens is 304 g/mol. The quantitative estimate of drug-likeness (QED) is 0.769. The topological polar surface area (TPSA) is 26.3 Å². The van der Waals surface area contributed by atoms with Crippen molar-refractivity contribution < 1.29 is 9.53 Å². The zero-order valence-corrected chi connectivity index (χ0v) is 12.3. The maximum absolute atomic E-state index is 12.6. The van der Waals surface area contributed by atoms with Gasteiger partial charge in [0.1, 0.15) is 6.10 Å². The Kier molecular flexibility index (Phi) is 3.42. The molecule has 2 atom stereocenters. The summed E-state index contributed by atoms with van der Waals surface area (Å²) in [6.45, 7) is 2.02. The van der Waals surface area contributed by atoms with Crippen LogP contribution in [0.4, 0.5) is 0 Å². The van der Waals surface area contributed by atoms with Crippen LogP contribution in [-0.2, 0) is 4.74 Å². The predicted octanol–water partition coefficient (Wildman–Crippen LogP) is 4.35. The highest BCUT2D eigenvalue weighted by Crippen LogP contribution is 2.30. The number of fused-ring (bicyclic) bond motifs is 1. The molecule has 0 amide bonds. The first-order valence-electron chi connectivity index (χ1n) is 6.54. The number of carbonyl (C=O) groups is 1. The Balaban J connectivity index is 2.06. The number of hydrogen-bond acceptors (Lipinski definition) is 2. The van der Waals surface area contributed by atoms with Crippen molar-refractivity contribution in [2.45, 2.75) is 32.0 Å². The third-order valence-corrected chi connectivity index (χ3v) is 4.35. The summed E-state index contributed by atoms with van der Waals surface area (Å²) in [6, 6.07) is 11.8. The van der Waals surface area contributed by atoms with Gasteiger partial charge in [0.05, 0.1) is 6.10 Å². The Hall–Kier alpha value is -1.19. The molecule has 19 heavy (non-hydrogen) atoms. The molecule has 1 heterocycles. The normalized spacial score (nSPS) is 22.8. The SMILES string of the molecule is CC1CCC(C(=O)c2ccc(Br)c3ccccc23)O1. The van der Waals surface area contributed by atoms with Crippen molar-refractivity contribution in [3.05, 3.63) is 46.4 Å². The lowest BCUT2D eigenvalue weighted by molar-refractivity contribution is 0.0435. The number of rotatable bonds is 2. The summed E-state index contributed by atoms with van der Waals surface area (Å²) in [7, 11) is 0. The second-order valence-electron chi connectivity index (χ2n) is 5.02. The molecule has 0 spiro atoms. The van der Waals surface area contributed by atoms with Crippen LogP contribution in [0, 0.1) is 0 Å². The third-order valence-electron chi connectivity index (χ3n) is 3.66. The lowest BCUT2D eigenvalue weighted by Crippen LogP contribution is -2.21. The van der Waals surface area contributed by atoms with Crippen LogP contribution >= 0.6 is 15.9 Å². The number of hydrogen-bond donors (Lipinski definition) is 0. The van der Waals surface area contributed by atoms with E-state index < -0.39 is 0 Å². The van der Waals surface area contributed by atoms with Crippen LogP contribution in [0.1, 0.15) is 30.1 Å². The number of ketones is 1. The van der Waals surface area contributed by atoms with Gasteiger partial charge < -0.3 is 4.74 Å². The van der Waals surface area contributed by atoms with Gasteiger partial charge in [0.2, 0.25) is 0 Å². The first kappa shape index (κ1) is 12.8. The second kappa shape index (κ2) is 5.06. The van der Waals surface area contributed by atoms with Gasteiger partial charge >= 0.3 is 0 Å². The summed E-state index contributed by atoms with van der Waals surface area (Å²) in [5.74, 6) is 0.105. The summed E-state index contributed by atoms with van der Waals surface area (Å²) in [5, 5.41) is 2.06. The fourth-order valence-electron chi connectivity index (χ4n) is 2.65. The van der Waals surface area contributed by atoms with Gasteiger partial charge in [-0.1, -0.05) is 40.2 Å². The van der Waals surface area contributed by atoms with E-state index in [2.05, 4.69) is 15.9 Å². The molecule has 2 nitrogen and oxygen atoms in total. The molecular formula is C16H15BrO2. The van der Waals surface area contributed by atoms with Gasteiger partial charge in [-0.3, -0.25) is 4.79 Å². The fourth-order valence-corrected chi connectivity index (χ4v) is 3.12. The van der Waals surface area contributed by atoms with E-state index in [0.29, 0.717) is 0 Å². The van der Waals surface area contributed by atoms with Crippen molar-refractivity contribution in [3.63, 3.8) is 0 Å². The molecule has 1 aliphatic rings. The number of benzene rings is 2. The standard InChI is InChI=1S/C16H15BrO2/c1-10-6-9-15(19-10)16(18)13-7-8-14(17)12-5-3-2-4-11(12)13/h2-5,7-8,10,15H,6,9H2,1H3. The second-order valence-corrected chi connectivity index (χ2v) is 5.87. The lowest BCUT2D eigenvalue weighted by atomic mass is 9.97. The minimum atomic E-state index is -0.278. The van der Waals surface area contributed by atoms with Gasteiger partial charge in [-0.15, -0.1) is 0 Å². The smallest absolute Gasteiger partial charge is 0.192 e. The molecule has 0 aromatic heterocycles. The zero-order valence-electron chi connectivity index (χ0n) is 10.7. The number of carbonyl (C=O) groups excluding carboxylic acids is 1. The van der Waals surface area contributed by atoms with E-state index in [1.165, 1.54) is 0 Å². The largest absolute Gasteiger partial charge is 0.367 e. The van der Waals surface area contributed by atoms with E-state index in [0.717, 1.165) is 33.7 Å². The maximum Gasteiger partial charge on any atom is 0.192 e. The van der Waals surface area contributed by atoms with Gasteiger partial charge in [0.25, 0.3) is 0 Å². The van der Waals surface area contributed by atoms with E-state index in [1.54, 1.807) is 0 Å². The molecule has 3 heteroatoms. The molecule has 0 radical (unpaired) electrons. The summed E-state index contributed by atoms with van der Waals surface area (Å²) < 4.78 is 6.71. The molecule has 0 N–H and O–H groups in total. The Morgan fingerprint density at radius 3 is 2.58 bits per heavy atom. The third kappa shape index (κ3) is 2.33. The molecule has 2 unspecified atom stereocenters. The van der Waals surface area contributed by atoms with Gasteiger partial charge in [-0.2, -0.15) is 0 Å². The number of ether oxygens (including phenoxy) is 1. The Bertz CT molecular complexity index is 636. The van der Waals surface area contributed by atoms with E-state index in [4.69, 9.17) is 4.74 Å². The van der Waals surface area contributed by atoms with Crippen LogP contribution in [0.3, 0.4) is 0 Å². The Labute approximate surface area is 120 Å². The minimum absolute atomic E-state index is 0.105. The highest BCUT2D eigenvalue weighted by atomic mass is 79.9. The number of halogens is 1. The predicted molar refractivity (Wildman–Crippen MR) is 79.5 cm³/mol. The van der Waals surface area contributed by atoms with Crippen molar-refractivity contribution in [2.24, 2.45) is 0 Å². The van der Waals surface area contributed by atoms with Crippen molar-refractivity contribution in [1.29, 1.82) is 0 Å². The van der Waals surface area contributed by atoms with Gasteiger partial charge in [-0.25, -0.2) is 0 Å².